The molecule has 1 unspecified atom stereocenters. The maximum Gasteiger partial charge on any atom is 0.321 e. The van der Waals surface area contributed by atoms with Crippen LogP contribution in [0.2, 0.25) is 0 Å². The Morgan fingerprint density at radius 3 is 2.64 bits per heavy atom. The molecule has 2 aromatic carbocycles. The molecule has 1 fully saturated rings. The van der Waals surface area contributed by atoms with Gasteiger partial charge >= 0.3 is 6.03 Å². The van der Waals surface area contributed by atoms with Gasteiger partial charge in [-0.1, -0.05) is 30.3 Å². The van der Waals surface area contributed by atoms with Crippen LogP contribution in [0.5, 0.6) is 11.5 Å². The number of carbonyl (C=O) groups excluding carboxylic acids is 1. The van der Waals surface area contributed by atoms with Gasteiger partial charge in [0.1, 0.15) is 12.0 Å². The van der Waals surface area contributed by atoms with Crippen molar-refractivity contribution >= 4 is 11.7 Å². The first-order valence-electron chi connectivity index (χ1n) is 7.32. The number of ether oxygens (including phenoxy) is 2. The summed E-state index contributed by atoms with van der Waals surface area (Å²) in [5, 5.41) is 5.59. The van der Waals surface area contributed by atoms with Crippen LogP contribution < -0.4 is 15.4 Å². The molecule has 1 saturated heterocycles. The molecule has 5 nitrogen and oxygen atoms in total. The molecule has 22 heavy (non-hydrogen) atoms. The summed E-state index contributed by atoms with van der Waals surface area (Å²) in [5.41, 5.74) is 0.613. The third kappa shape index (κ3) is 3.77. The maximum absolute atomic E-state index is 12.0. The lowest BCUT2D eigenvalue weighted by molar-refractivity contribution is 0.0928. The van der Waals surface area contributed by atoms with Crippen LogP contribution in [0.3, 0.4) is 0 Å². The van der Waals surface area contributed by atoms with Crippen LogP contribution in [0.4, 0.5) is 10.5 Å². The fourth-order valence-electron chi connectivity index (χ4n) is 2.27. The summed E-state index contributed by atoms with van der Waals surface area (Å²) in [6, 6.07) is 16.5. The number of hydrogen-bond acceptors (Lipinski definition) is 3. The molecule has 0 saturated carbocycles. The molecule has 3 rings (SSSR count). The molecule has 0 radical (unpaired) electrons. The molecule has 2 aromatic rings. The quantitative estimate of drug-likeness (QED) is 0.904. The topological polar surface area (TPSA) is 59.6 Å². The van der Waals surface area contributed by atoms with E-state index < -0.39 is 0 Å². The van der Waals surface area contributed by atoms with Gasteiger partial charge in [-0.3, -0.25) is 0 Å². The Kier molecular flexibility index (Phi) is 4.56. The first-order chi connectivity index (χ1) is 10.8. The first kappa shape index (κ1) is 14.4. The van der Waals surface area contributed by atoms with Crippen LogP contribution in [0, 0.1) is 0 Å². The second-order valence-electron chi connectivity index (χ2n) is 5.01. The number of rotatable bonds is 4. The highest BCUT2D eigenvalue weighted by Crippen LogP contribution is 2.29. The smallest absolute Gasteiger partial charge is 0.321 e. The van der Waals surface area contributed by atoms with Crippen molar-refractivity contribution in [2.45, 2.75) is 19.1 Å². The average molecular weight is 298 g/mol. The summed E-state index contributed by atoms with van der Waals surface area (Å²) in [5.74, 6) is 1.31. The normalized spacial score (nSPS) is 17.0. The molecule has 0 spiro atoms. The zero-order valence-corrected chi connectivity index (χ0v) is 12.1. The molecule has 1 aliphatic heterocycles. The molecule has 0 bridgehead atoms. The molecule has 1 atom stereocenters. The lowest BCUT2D eigenvalue weighted by Crippen LogP contribution is -2.37. The minimum Gasteiger partial charge on any atom is -0.455 e. The molecule has 114 valence electrons. The highest BCUT2D eigenvalue weighted by molar-refractivity contribution is 5.91. The summed E-state index contributed by atoms with van der Waals surface area (Å²) in [4.78, 5) is 12.0. The standard InChI is InChI=1S/C17H18N2O3/c20-17(19-16-11-6-12-21-16)18-14-9-4-5-10-15(14)22-13-7-2-1-3-8-13/h1-5,7-10,16H,6,11-12H2,(H2,18,19,20). The van der Waals surface area contributed by atoms with Crippen molar-refractivity contribution < 1.29 is 14.3 Å². The Balaban J connectivity index is 1.66. The largest absolute Gasteiger partial charge is 0.455 e. The van der Waals surface area contributed by atoms with E-state index in [2.05, 4.69) is 10.6 Å². The van der Waals surface area contributed by atoms with Gasteiger partial charge in [0, 0.05) is 6.61 Å². The second-order valence-corrected chi connectivity index (χ2v) is 5.01. The fraction of sp³-hybridized carbons (Fsp3) is 0.235. The van der Waals surface area contributed by atoms with Crippen molar-refractivity contribution in [2.75, 3.05) is 11.9 Å². The van der Waals surface area contributed by atoms with Gasteiger partial charge in [-0.25, -0.2) is 4.79 Å². The van der Waals surface area contributed by atoms with E-state index in [9.17, 15) is 4.79 Å². The maximum atomic E-state index is 12.0. The number of carbonyl (C=O) groups is 1. The van der Waals surface area contributed by atoms with Crippen LogP contribution in [-0.4, -0.2) is 18.9 Å². The Labute approximate surface area is 129 Å². The molecule has 2 amide bonds. The molecule has 1 heterocycles. The van der Waals surface area contributed by atoms with Gasteiger partial charge in [0.05, 0.1) is 5.69 Å². The van der Waals surface area contributed by atoms with E-state index in [1.807, 2.05) is 48.5 Å². The fourth-order valence-corrected chi connectivity index (χ4v) is 2.27. The SMILES string of the molecule is O=C(Nc1ccccc1Oc1ccccc1)NC1CCCO1. The van der Waals surface area contributed by atoms with Crippen LogP contribution in [0.25, 0.3) is 0 Å². The van der Waals surface area contributed by atoms with Gasteiger partial charge in [-0.2, -0.15) is 0 Å². The van der Waals surface area contributed by atoms with Gasteiger partial charge in [0.15, 0.2) is 5.75 Å². The van der Waals surface area contributed by atoms with E-state index >= 15 is 0 Å². The van der Waals surface area contributed by atoms with Crippen LogP contribution in [0.1, 0.15) is 12.8 Å². The van der Waals surface area contributed by atoms with E-state index in [1.54, 1.807) is 6.07 Å². The highest BCUT2D eigenvalue weighted by Gasteiger charge is 2.18. The zero-order valence-electron chi connectivity index (χ0n) is 12.1. The summed E-state index contributed by atoms with van der Waals surface area (Å²) < 4.78 is 11.2. The monoisotopic (exact) mass is 298 g/mol. The van der Waals surface area contributed by atoms with Gasteiger partial charge in [0.25, 0.3) is 0 Å². The summed E-state index contributed by atoms with van der Waals surface area (Å²) >= 11 is 0. The third-order valence-electron chi connectivity index (χ3n) is 3.33. The van der Waals surface area contributed by atoms with Crippen LogP contribution >= 0.6 is 0 Å². The lowest BCUT2D eigenvalue weighted by atomic mass is 10.3. The van der Waals surface area contributed by atoms with Crippen molar-refractivity contribution in [1.29, 1.82) is 0 Å². The van der Waals surface area contributed by atoms with Crippen molar-refractivity contribution in [3.63, 3.8) is 0 Å². The first-order valence-corrected chi connectivity index (χ1v) is 7.32. The molecule has 0 aliphatic carbocycles. The Bertz CT molecular complexity index is 625. The van der Waals surface area contributed by atoms with Gasteiger partial charge < -0.3 is 20.1 Å². The Hall–Kier alpha value is -2.53. The summed E-state index contributed by atoms with van der Waals surface area (Å²) in [6.45, 7) is 0.693. The van der Waals surface area contributed by atoms with Crippen LogP contribution in [-0.2, 0) is 4.74 Å². The van der Waals surface area contributed by atoms with Gasteiger partial charge in [-0.15, -0.1) is 0 Å². The predicted octanol–water partition coefficient (Wildman–Crippen LogP) is 3.74. The van der Waals surface area contributed by atoms with E-state index in [0.717, 1.165) is 18.6 Å². The highest BCUT2D eigenvalue weighted by atomic mass is 16.5. The van der Waals surface area contributed by atoms with Crippen molar-refractivity contribution in [1.82, 2.24) is 5.32 Å². The Morgan fingerprint density at radius 1 is 1.09 bits per heavy atom. The molecular formula is C17H18N2O3. The summed E-state index contributed by atoms with van der Waals surface area (Å²) in [6.07, 6.45) is 1.61. The van der Waals surface area contributed by atoms with E-state index in [1.165, 1.54) is 0 Å². The number of hydrogen-bond donors (Lipinski definition) is 2. The Morgan fingerprint density at radius 2 is 1.86 bits per heavy atom. The molecular weight excluding hydrogens is 280 g/mol. The number of benzene rings is 2. The molecule has 0 aromatic heterocycles. The summed E-state index contributed by atoms with van der Waals surface area (Å²) in [7, 11) is 0. The van der Waals surface area contributed by atoms with Crippen LogP contribution in [0.15, 0.2) is 54.6 Å². The lowest BCUT2D eigenvalue weighted by Gasteiger charge is -2.15. The van der Waals surface area contributed by atoms with E-state index in [4.69, 9.17) is 9.47 Å². The van der Waals surface area contributed by atoms with Crippen molar-refractivity contribution in [3.8, 4) is 11.5 Å². The zero-order chi connectivity index (χ0) is 15.2. The number of para-hydroxylation sites is 3. The molecule has 1 aliphatic rings. The van der Waals surface area contributed by atoms with Gasteiger partial charge in [0.2, 0.25) is 0 Å². The van der Waals surface area contributed by atoms with Crippen molar-refractivity contribution in [3.05, 3.63) is 54.6 Å². The average Bonchev–Trinajstić information content (AvgIpc) is 3.03. The minimum absolute atomic E-state index is 0.206. The number of anilines is 1. The predicted molar refractivity (Wildman–Crippen MR) is 84.1 cm³/mol. The number of amides is 2. The molecule has 5 heteroatoms. The van der Waals surface area contributed by atoms with E-state index in [0.29, 0.717) is 18.0 Å². The van der Waals surface area contributed by atoms with Crippen molar-refractivity contribution in [2.24, 2.45) is 0 Å². The molecule has 2 N–H and O–H groups in total. The minimum atomic E-state index is -0.295. The number of nitrogens with one attached hydrogen (secondary N) is 2. The van der Waals surface area contributed by atoms with E-state index in [-0.39, 0.29) is 12.3 Å². The number of urea groups is 1. The third-order valence-corrected chi connectivity index (χ3v) is 3.33. The van der Waals surface area contributed by atoms with Gasteiger partial charge in [-0.05, 0) is 37.1 Å². The second kappa shape index (κ2) is 6.95.